The molecule has 102 valence electrons. The molecule has 1 aromatic carbocycles. The molecule has 1 atom stereocenters. The number of nitrogens with zero attached hydrogens (tertiary/aromatic N) is 1. The summed E-state index contributed by atoms with van der Waals surface area (Å²) < 4.78 is 0. The topological polar surface area (TPSA) is 23.5 Å². The summed E-state index contributed by atoms with van der Waals surface area (Å²) in [6.07, 6.45) is 1.65. The van der Waals surface area contributed by atoms with Crippen molar-refractivity contribution in [1.29, 1.82) is 0 Å². The summed E-state index contributed by atoms with van der Waals surface area (Å²) in [7, 11) is 0. The van der Waals surface area contributed by atoms with Gasteiger partial charge >= 0.3 is 0 Å². The number of benzene rings is 1. The van der Waals surface area contributed by atoms with E-state index in [0.29, 0.717) is 0 Å². The van der Waals surface area contributed by atoms with Crippen LogP contribution in [0.25, 0.3) is 0 Å². The predicted molar refractivity (Wildman–Crippen MR) is 77.9 cm³/mol. The highest BCUT2D eigenvalue weighted by Crippen LogP contribution is 2.20. The lowest BCUT2D eigenvalue weighted by molar-refractivity contribution is 0.143. The van der Waals surface area contributed by atoms with Crippen LogP contribution in [-0.4, -0.2) is 29.6 Å². The van der Waals surface area contributed by atoms with Crippen LogP contribution in [0.1, 0.15) is 49.5 Å². The van der Waals surface area contributed by atoms with Crippen LogP contribution in [-0.2, 0) is 0 Å². The molecular formula is C16H27NO. The Hall–Kier alpha value is -0.860. The largest absolute Gasteiger partial charge is 0.388 e. The van der Waals surface area contributed by atoms with E-state index in [-0.39, 0.29) is 6.10 Å². The van der Waals surface area contributed by atoms with Gasteiger partial charge in [0.1, 0.15) is 0 Å². The molecule has 0 aliphatic rings. The third-order valence-electron chi connectivity index (χ3n) is 3.33. The molecule has 1 aromatic rings. The van der Waals surface area contributed by atoms with Crippen LogP contribution < -0.4 is 0 Å². The monoisotopic (exact) mass is 249 g/mol. The van der Waals surface area contributed by atoms with Crippen LogP contribution in [0, 0.1) is 13.8 Å². The Morgan fingerprint density at radius 3 is 2.17 bits per heavy atom. The Bertz CT molecular complexity index is 342. The first-order valence-electron chi connectivity index (χ1n) is 7.05. The van der Waals surface area contributed by atoms with Gasteiger partial charge in [0.25, 0.3) is 0 Å². The fourth-order valence-electron chi connectivity index (χ4n) is 2.42. The number of aliphatic hydroxyl groups excluding tert-OH is 1. The third-order valence-corrected chi connectivity index (χ3v) is 3.33. The summed E-state index contributed by atoms with van der Waals surface area (Å²) >= 11 is 0. The van der Waals surface area contributed by atoms with Gasteiger partial charge in [0.15, 0.2) is 0 Å². The molecule has 0 fully saturated rings. The number of hydrogen-bond donors (Lipinski definition) is 1. The van der Waals surface area contributed by atoms with Gasteiger partial charge in [0, 0.05) is 6.54 Å². The molecule has 1 unspecified atom stereocenters. The van der Waals surface area contributed by atoms with E-state index in [9.17, 15) is 5.11 Å². The molecule has 0 aliphatic heterocycles. The second-order valence-electron chi connectivity index (χ2n) is 5.16. The maximum absolute atomic E-state index is 10.3. The van der Waals surface area contributed by atoms with Gasteiger partial charge in [-0.25, -0.2) is 0 Å². The molecule has 0 bridgehead atoms. The van der Waals surface area contributed by atoms with Gasteiger partial charge in [-0.3, -0.25) is 0 Å². The summed E-state index contributed by atoms with van der Waals surface area (Å²) in [5, 5.41) is 10.3. The van der Waals surface area contributed by atoms with Crippen LogP contribution in [0.2, 0.25) is 0 Å². The van der Waals surface area contributed by atoms with E-state index in [1.54, 1.807) is 0 Å². The number of rotatable bonds is 7. The summed E-state index contributed by atoms with van der Waals surface area (Å²) in [4.78, 5) is 2.39. The zero-order valence-electron chi connectivity index (χ0n) is 12.2. The number of hydrogen-bond acceptors (Lipinski definition) is 2. The average Bonchev–Trinajstić information content (AvgIpc) is 2.32. The third kappa shape index (κ3) is 4.79. The highest BCUT2D eigenvalue weighted by molar-refractivity contribution is 5.29. The molecular weight excluding hydrogens is 222 g/mol. The molecule has 0 saturated carbocycles. The van der Waals surface area contributed by atoms with Crippen molar-refractivity contribution >= 4 is 0 Å². The minimum absolute atomic E-state index is 0.338. The van der Waals surface area contributed by atoms with E-state index >= 15 is 0 Å². The summed E-state index contributed by atoms with van der Waals surface area (Å²) in [5.74, 6) is 0. The second-order valence-corrected chi connectivity index (χ2v) is 5.16. The van der Waals surface area contributed by atoms with Crippen molar-refractivity contribution in [1.82, 2.24) is 4.90 Å². The fourth-order valence-corrected chi connectivity index (χ4v) is 2.42. The molecule has 0 heterocycles. The van der Waals surface area contributed by atoms with Crippen LogP contribution in [0.4, 0.5) is 0 Å². The fraction of sp³-hybridized carbons (Fsp3) is 0.625. The SMILES string of the molecule is CCCN(CC)CCC(O)c1cc(C)cc(C)c1. The normalized spacial score (nSPS) is 13.0. The van der Waals surface area contributed by atoms with Crippen LogP contribution >= 0.6 is 0 Å². The lowest BCUT2D eigenvalue weighted by Crippen LogP contribution is -2.26. The molecule has 0 amide bonds. The lowest BCUT2D eigenvalue weighted by Gasteiger charge is -2.21. The van der Waals surface area contributed by atoms with Crippen molar-refractivity contribution in [2.75, 3.05) is 19.6 Å². The maximum Gasteiger partial charge on any atom is 0.0802 e. The lowest BCUT2D eigenvalue weighted by atomic mass is 10.0. The first-order valence-corrected chi connectivity index (χ1v) is 7.05. The Morgan fingerprint density at radius 2 is 1.67 bits per heavy atom. The minimum atomic E-state index is -0.338. The molecule has 2 nitrogen and oxygen atoms in total. The highest BCUT2D eigenvalue weighted by atomic mass is 16.3. The van der Waals surface area contributed by atoms with Crippen molar-refractivity contribution in [3.8, 4) is 0 Å². The maximum atomic E-state index is 10.3. The Labute approximate surface area is 112 Å². The first kappa shape index (κ1) is 15.2. The van der Waals surface area contributed by atoms with Crippen molar-refractivity contribution in [3.05, 3.63) is 34.9 Å². The highest BCUT2D eigenvalue weighted by Gasteiger charge is 2.10. The van der Waals surface area contributed by atoms with Gasteiger partial charge in [0.05, 0.1) is 6.10 Å². The van der Waals surface area contributed by atoms with E-state index < -0.39 is 0 Å². The quantitative estimate of drug-likeness (QED) is 0.800. The van der Waals surface area contributed by atoms with Gasteiger partial charge in [0.2, 0.25) is 0 Å². The molecule has 0 aliphatic carbocycles. The van der Waals surface area contributed by atoms with Crippen molar-refractivity contribution in [2.24, 2.45) is 0 Å². The average molecular weight is 249 g/mol. The summed E-state index contributed by atoms with van der Waals surface area (Å²) in [6, 6.07) is 6.33. The zero-order valence-corrected chi connectivity index (χ0v) is 12.2. The van der Waals surface area contributed by atoms with Crippen LogP contribution in [0.5, 0.6) is 0 Å². The molecule has 18 heavy (non-hydrogen) atoms. The second kappa shape index (κ2) is 7.55. The van der Waals surface area contributed by atoms with E-state index in [2.05, 4.69) is 50.8 Å². The van der Waals surface area contributed by atoms with Crippen molar-refractivity contribution in [2.45, 2.75) is 46.6 Å². The van der Waals surface area contributed by atoms with E-state index in [0.717, 1.165) is 31.6 Å². The summed E-state index contributed by atoms with van der Waals surface area (Å²) in [5.41, 5.74) is 3.51. The van der Waals surface area contributed by atoms with Gasteiger partial charge in [-0.15, -0.1) is 0 Å². The van der Waals surface area contributed by atoms with Gasteiger partial charge in [-0.2, -0.15) is 0 Å². The van der Waals surface area contributed by atoms with Gasteiger partial charge in [-0.05, 0) is 45.3 Å². The molecule has 0 radical (unpaired) electrons. The van der Waals surface area contributed by atoms with Crippen molar-refractivity contribution in [3.63, 3.8) is 0 Å². The molecule has 0 aromatic heterocycles. The van der Waals surface area contributed by atoms with E-state index in [1.807, 2.05) is 0 Å². The predicted octanol–water partition coefficient (Wildman–Crippen LogP) is 3.46. The molecule has 0 spiro atoms. The minimum Gasteiger partial charge on any atom is -0.388 e. The number of aryl methyl sites for hydroxylation is 2. The van der Waals surface area contributed by atoms with Gasteiger partial charge in [-0.1, -0.05) is 43.2 Å². The molecule has 1 N–H and O–H groups in total. The Kier molecular flexibility index (Phi) is 6.37. The van der Waals surface area contributed by atoms with E-state index in [4.69, 9.17) is 0 Å². The number of aliphatic hydroxyl groups is 1. The Morgan fingerprint density at radius 1 is 1.06 bits per heavy atom. The molecule has 2 heteroatoms. The van der Waals surface area contributed by atoms with Crippen LogP contribution in [0.3, 0.4) is 0 Å². The Balaban J connectivity index is 2.56. The standard InChI is InChI=1S/C16H27NO/c1-5-8-17(6-2)9-7-16(18)15-11-13(3)10-14(4)12-15/h10-12,16,18H,5-9H2,1-4H3. The van der Waals surface area contributed by atoms with Crippen molar-refractivity contribution < 1.29 is 5.11 Å². The van der Waals surface area contributed by atoms with Gasteiger partial charge < -0.3 is 10.0 Å². The zero-order chi connectivity index (χ0) is 13.5. The van der Waals surface area contributed by atoms with E-state index in [1.165, 1.54) is 17.5 Å². The molecule has 1 rings (SSSR count). The first-order chi connectivity index (χ1) is 8.56. The molecule has 0 saturated heterocycles. The smallest absolute Gasteiger partial charge is 0.0802 e. The summed E-state index contributed by atoms with van der Waals surface area (Å²) in [6.45, 7) is 11.7. The van der Waals surface area contributed by atoms with Crippen LogP contribution in [0.15, 0.2) is 18.2 Å².